The Morgan fingerprint density at radius 2 is 1.76 bits per heavy atom. The molecule has 0 aliphatic carbocycles. The van der Waals surface area contributed by atoms with E-state index in [-0.39, 0.29) is 18.2 Å². The summed E-state index contributed by atoms with van der Waals surface area (Å²) in [7, 11) is 0. The van der Waals surface area contributed by atoms with Gasteiger partial charge < -0.3 is 4.74 Å². The lowest BCUT2D eigenvalue weighted by Gasteiger charge is -2.09. The van der Waals surface area contributed by atoms with E-state index < -0.39 is 4.92 Å². The third-order valence-electron chi connectivity index (χ3n) is 3.95. The van der Waals surface area contributed by atoms with Crippen LogP contribution in [0.15, 0.2) is 82.4 Å². The molecule has 0 bridgehead atoms. The van der Waals surface area contributed by atoms with Crippen molar-refractivity contribution in [3.8, 4) is 5.75 Å². The summed E-state index contributed by atoms with van der Waals surface area (Å²) in [5.41, 5.74) is 4.47. The van der Waals surface area contributed by atoms with Gasteiger partial charge in [0.25, 0.3) is 11.6 Å². The monoisotopic (exact) mass is 453 g/mol. The lowest BCUT2D eigenvalue weighted by Crippen LogP contribution is -2.18. The Hall–Kier alpha value is -3.52. The van der Waals surface area contributed by atoms with Crippen LogP contribution in [0.25, 0.3) is 0 Å². The maximum Gasteiger partial charge on any atom is 0.272 e. The minimum atomic E-state index is -0.446. The first-order valence-corrected chi connectivity index (χ1v) is 9.37. The Morgan fingerprint density at radius 3 is 2.48 bits per heavy atom. The number of halogens is 1. The molecule has 0 aromatic heterocycles. The van der Waals surface area contributed by atoms with Crippen LogP contribution in [0.3, 0.4) is 0 Å². The average Bonchev–Trinajstić information content (AvgIpc) is 2.73. The Balaban J connectivity index is 1.64. The van der Waals surface area contributed by atoms with E-state index in [9.17, 15) is 14.9 Å². The second-order valence-corrected chi connectivity index (χ2v) is 6.78. The number of nitrogens with one attached hydrogen (secondary N) is 1. The van der Waals surface area contributed by atoms with E-state index in [0.717, 1.165) is 5.56 Å². The first-order chi connectivity index (χ1) is 14.0. The zero-order chi connectivity index (χ0) is 20.6. The quantitative estimate of drug-likeness (QED) is 0.318. The van der Waals surface area contributed by atoms with E-state index in [1.54, 1.807) is 42.5 Å². The number of rotatable bonds is 7. The highest BCUT2D eigenvalue weighted by Crippen LogP contribution is 2.19. The number of nitro benzene ring substituents is 1. The molecule has 0 aliphatic rings. The largest absolute Gasteiger partial charge is 0.488 e. The van der Waals surface area contributed by atoms with Gasteiger partial charge in [0.05, 0.1) is 16.7 Å². The van der Waals surface area contributed by atoms with Gasteiger partial charge in [-0.05, 0) is 57.9 Å². The van der Waals surface area contributed by atoms with Crippen LogP contribution in [0, 0.1) is 10.1 Å². The number of benzene rings is 3. The minimum absolute atomic E-state index is 0.0297. The summed E-state index contributed by atoms with van der Waals surface area (Å²) >= 11 is 3.33. The molecule has 0 radical (unpaired) electrons. The molecule has 29 heavy (non-hydrogen) atoms. The molecular weight excluding hydrogens is 438 g/mol. The number of nitrogens with zero attached hydrogens (tertiary/aromatic N) is 2. The number of carbonyl (C=O) groups excluding carboxylic acids is 1. The fourth-order valence-electron chi connectivity index (χ4n) is 2.46. The van der Waals surface area contributed by atoms with Gasteiger partial charge in [-0.15, -0.1) is 0 Å². The molecule has 3 aromatic rings. The van der Waals surface area contributed by atoms with Crippen LogP contribution in [0.2, 0.25) is 0 Å². The molecule has 7 nitrogen and oxygen atoms in total. The highest BCUT2D eigenvalue weighted by atomic mass is 79.9. The van der Waals surface area contributed by atoms with Crippen LogP contribution in [-0.2, 0) is 6.61 Å². The molecule has 0 fully saturated rings. The van der Waals surface area contributed by atoms with Crippen molar-refractivity contribution in [2.24, 2.45) is 5.10 Å². The molecule has 3 rings (SSSR count). The van der Waals surface area contributed by atoms with Gasteiger partial charge in [0.15, 0.2) is 0 Å². The van der Waals surface area contributed by atoms with Crippen LogP contribution >= 0.6 is 15.9 Å². The van der Waals surface area contributed by atoms with Crippen molar-refractivity contribution >= 4 is 33.7 Å². The molecule has 1 amide bonds. The van der Waals surface area contributed by atoms with E-state index in [2.05, 4.69) is 26.5 Å². The van der Waals surface area contributed by atoms with Gasteiger partial charge in [0, 0.05) is 22.2 Å². The second kappa shape index (κ2) is 9.61. The van der Waals surface area contributed by atoms with Gasteiger partial charge in [-0.2, -0.15) is 5.10 Å². The zero-order valence-corrected chi connectivity index (χ0v) is 16.7. The van der Waals surface area contributed by atoms with Crippen LogP contribution < -0.4 is 10.2 Å². The first-order valence-electron chi connectivity index (χ1n) is 8.57. The van der Waals surface area contributed by atoms with Gasteiger partial charge in [-0.25, -0.2) is 5.43 Å². The van der Waals surface area contributed by atoms with E-state index >= 15 is 0 Å². The Bertz CT molecular complexity index is 1050. The summed E-state index contributed by atoms with van der Waals surface area (Å²) in [5, 5.41) is 14.7. The molecule has 0 atom stereocenters. The zero-order valence-electron chi connectivity index (χ0n) is 15.1. The number of amides is 1. The third kappa shape index (κ3) is 5.49. The maximum atomic E-state index is 12.2. The van der Waals surface area contributed by atoms with Crippen molar-refractivity contribution in [2.45, 2.75) is 6.61 Å². The van der Waals surface area contributed by atoms with Crippen LogP contribution in [0.1, 0.15) is 21.5 Å². The van der Waals surface area contributed by atoms with E-state index in [1.807, 2.05) is 18.2 Å². The highest BCUT2D eigenvalue weighted by molar-refractivity contribution is 9.10. The number of hydrogen-bond acceptors (Lipinski definition) is 5. The SMILES string of the molecule is O=C(N/N=C\c1ccccc1OCc1ccc([N+](=O)[O-])cc1)c1ccccc1Br. The maximum absolute atomic E-state index is 12.2. The van der Waals surface area contributed by atoms with E-state index in [1.165, 1.54) is 18.3 Å². The lowest BCUT2D eigenvalue weighted by atomic mass is 10.2. The van der Waals surface area contributed by atoms with Gasteiger partial charge in [0.2, 0.25) is 0 Å². The standard InChI is InChI=1S/C21H16BrN3O4/c22-19-7-3-2-6-18(19)21(26)24-23-13-16-5-1-4-8-20(16)29-14-15-9-11-17(12-10-15)25(27)28/h1-13H,14H2,(H,24,26)/b23-13-. The lowest BCUT2D eigenvalue weighted by molar-refractivity contribution is -0.384. The number of carbonyl (C=O) groups is 1. The molecule has 3 aromatic carbocycles. The molecule has 0 spiro atoms. The Kier molecular flexibility index (Phi) is 6.70. The molecule has 8 heteroatoms. The Labute approximate surface area is 175 Å². The van der Waals surface area contributed by atoms with Crippen LogP contribution in [0.5, 0.6) is 5.75 Å². The number of ether oxygens (including phenoxy) is 1. The normalized spacial score (nSPS) is 10.7. The molecule has 0 unspecified atom stereocenters. The predicted octanol–water partition coefficient (Wildman–Crippen LogP) is 4.70. The number of hydrazone groups is 1. The predicted molar refractivity (Wildman–Crippen MR) is 113 cm³/mol. The molecular formula is C21H16BrN3O4. The van der Waals surface area contributed by atoms with Gasteiger partial charge in [-0.1, -0.05) is 24.3 Å². The van der Waals surface area contributed by atoms with E-state index in [4.69, 9.17) is 4.74 Å². The van der Waals surface area contributed by atoms with Crippen molar-refractivity contribution < 1.29 is 14.5 Å². The number of para-hydroxylation sites is 1. The molecule has 0 aliphatic heterocycles. The third-order valence-corrected chi connectivity index (χ3v) is 4.64. The number of nitro groups is 1. The van der Waals surface area contributed by atoms with Crippen molar-refractivity contribution in [3.63, 3.8) is 0 Å². The molecule has 146 valence electrons. The summed E-state index contributed by atoms with van der Waals surface area (Å²) in [6.45, 7) is 0.242. The first kappa shape index (κ1) is 20.2. The molecule has 1 N–H and O–H groups in total. The summed E-state index contributed by atoms with van der Waals surface area (Å²) in [4.78, 5) is 22.5. The van der Waals surface area contributed by atoms with Crippen molar-refractivity contribution in [2.75, 3.05) is 0 Å². The summed E-state index contributed by atoms with van der Waals surface area (Å²) in [6.07, 6.45) is 1.50. The van der Waals surface area contributed by atoms with Gasteiger partial charge in [-0.3, -0.25) is 14.9 Å². The van der Waals surface area contributed by atoms with Gasteiger partial charge >= 0.3 is 0 Å². The van der Waals surface area contributed by atoms with E-state index in [0.29, 0.717) is 21.3 Å². The van der Waals surface area contributed by atoms with Crippen molar-refractivity contribution in [1.29, 1.82) is 0 Å². The fourth-order valence-corrected chi connectivity index (χ4v) is 2.92. The smallest absolute Gasteiger partial charge is 0.272 e. The average molecular weight is 454 g/mol. The molecule has 0 heterocycles. The molecule has 0 saturated carbocycles. The van der Waals surface area contributed by atoms with Crippen LogP contribution in [0.4, 0.5) is 5.69 Å². The van der Waals surface area contributed by atoms with Crippen molar-refractivity contribution in [1.82, 2.24) is 5.43 Å². The number of hydrogen-bond donors (Lipinski definition) is 1. The number of non-ortho nitro benzene ring substituents is 1. The summed E-state index contributed by atoms with van der Waals surface area (Å²) in [6, 6.07) is 20.5. The van der Waals surface area contributed by atoms with Crippen molar-refractivity contribution in [3.05, 3.63) is 104 Å². The second-order valence-electron chi connectivity index (χ2n) is 5.93. The Morgan fingerprint density at radius 1 is 1.07 bits per heavy atom. The fraction of sp³-hybridized carbons (Fsp3) is 0.0476. The summed E-state index contributed by atoms with van der Waals surface area (Å²) in [5.74, 6) is 0.239. The van der Waals surface area contributed by atoms with Gasteiger partial charge in [0.1, 0.15) is 12.4 Å². The minimum Gasteiger partial charge on any atom is -0.488 e. The topological polar surface area (TPSA) is 93.8 Å². The summed E-state index contributed by atoms with van der Waals surface area (Å²) < 4.78 is 6.48. The highest BCUT2D eigenvalue weighted by Gasteiger charge is 2.08. The van der Waals surface area contributed by atoms with Crippen LogP contribution in [-0.4, -0.2) is 17.0 Å². The molecule has 0 saturated heterocycles.